The number of hydrogen-bond donors (Lipinski definition) is 1. The normalized spacial score (nSPS) is 10.7. The second kappa shape index (κ2) is 5.36. The maximum atomic E-state index is 13.8. The maximum absolute atomic E-state index is 13.8. The molecule has 1 aromatic heterocycles. The van der Waals surface area contributed by atoms with Gasteiger partial charge in [-0.25, -0.2) is 13.9 Å². The average Bonchev–Trinajstić information content (AvgIpc) is 2.76. The number of benzene rings is 1. The standard InChI is InChI=1S/C12H11ClFN3O2/c1-2-3-9-11(12(18)19)15-16-17(9)10-6-7(13)4-5-8(10)14/h4-6H,2-3H2,1H3,(H,18,19). The van der Waals surface area contributed by atoms with Crippen LogP contribution in [0.2, 0.25) is 5.02 Å². The van der Waals surface area contributed by atoms with Gasteiger partial charge in [-0.05, 0) is 24.6 Å². The third-order valence-corrected chi connectivity index (χ3v) is 2.82. The van der Waals surface area contributed by atoms with E-state index in [1.807, 2.05) is 6.92 Å². The smallest absolute Gasteiger partial charge is 0.358 e. The molecule has 0 saturated carbocycles. The van der Waals surface area contributed by atoms with Crippen molar-refractivity contribution in [2.24, 2.45) is 0 Å². The highest BCUT2D eigenvalue weighted by Gasteiger charge is 2.20. The molecule has 1 N–H and O–H groups in total. The lowest BCUT2D eigenvalue weighted by Gasteiger charge is -2.07. The number of carboxylic acids is 1. The Morgan fingerprint density at radius 3 is 2.89 bits per heavy atom. The van der Waals surface area contributed by atoms with Crippen molar-refractivity contribution in [1.82, 2.24) is 15.0 Å². The quantitative estimate of drug-likeness (QED) is 0.937. The van der Waals surface area contributed by atoms with E-state index in [0.29, 0.717) is 23.6 Å². The first kappa shape index (κ1) is 13.5. The first-order valence-corrected chi connectivity index (χ1v) is 6.05. The van der Waals surface area contributed by atoms with Gasteiger partial charge in [0.15, 0.2) is 5.69 Å². The Hall–Kier alpha value is -1.95. The highest BCUT2D eigenvalue weighted by atomic mass is 35.5. The summed E-state index contributed by atoms with van der Waals surface area (Å²) in [5.41, 5.74) is 0.286. The predicted octanol–water partition coefficient (Wildman–Crippen LogP) is 2.71. The molecule has 0 radical (unpaired) electrons. The second-order valence-electron chi connectivity index (χ2n) is 3.95. The zero-order chi connectivity index (χ0) is 14.0. The molecule has 2 rings (SSSR count). The molecule has 0 bridgehead atoms. The SMILES string of the molecule is CCCc1c(C(=O)O)nnn1-c1cc(Cl)ccc1F. The molecular weight excluding hydrogens is 273 g/mol. The Balaban J connectivity index is 2.61. The van der Waals surface area contributed by atoms with Gasteiger partial charge >= 0.3 is 5.97 Å². The molecule has 7 heteroatoms. The summed E-state index contributed by atoms with van der Waals surface area (Å²) in [5.74, 6) is -1.72. The number of aromatic carboxylic acids is 1. The third kappa shape index (κ3) is 2.58. The number of hydrogen-bond acceptors (Lipinski definition) is 3. The number of carbonyl (C=O) groups is 1. The molecule has 1 aromatic carbocycles. The number of rotatable bonds is 4. The van der Waals surface area contributed by atoms with Gasteiger partial charge in [-0.15, -0.1) is 5.10 Å². The van der Waals surface area contributed by atoms with Gasteiger partial charge in [-0.2, -0.15) is 0 Å². The minimum Gasteiger partial charge on any atom is -0.476 e. The van der Waals surface area contributed by atoms with Crippen LogP contribution in [-0.2, 0) is 6.42 Å². The lowest BCUT2D eigenvalue weighted by molar-refractivity contribution is 0.0689. The highest BCUT2D eigenvalue weighted by Crippen LogP contribution is 2.21. The topological polar surface area (TPSA) is 68.0 Å². The van der Waals surface area contributed by atoms with Crippen LogP contribution in [0.15, 0.2) is 18.2 Å². The van der Waals surface area contributed by atoms with E-state index in [1.54, 1.807) is 0 Å². The van der Waals surface area contributed by atoms with E-state index in [-0.39, 0.29) is 11.4 Å². The van der Waals surface area contributed by atoms with Crippen LogP contribution in [0.5, 0.6) is 0 Å². The van der Waals surface area contributed by atoms with Crippen molar-refractivity contribution in [3.05, 3.63) is 40.4 Å². The van der Waals surface area contributed by atoms with Crippen LogP contribution >= 0.6 is 11.6 Å². The summed E-state index contributed by atoms with van der Waals surface area (Å²) in [6.07, 6.45) is 1.12. The molecule has 0 amide bonds. The van der Waals surface area contributed by atoms with E-state index in [0.717, 1.165) is 0 Å². The van der Waals surface area contributed by atoms with Gasteiger partial charge in [0.1, 0.15) is 11.5 Å². The summed E-state index contributed by atoms with van der Waals surface area (Å²) in [4.78, 5) is 11.1. The Bertz CT molecular complexity index is 627. The molecule has 0 atom stereocenters. The van der Waals surface area contributed by atoms with Gasteiger partial charge in [0.25, 0.3) is 0 Å². The molecule has 0 saturated heterocycles. The van der Waals surface area contributed by atoms with Crippen LogP contribution in [0, 0.1) is 5.82 Å². The molecule has 0 spiro atoms. The summed E-state index contributed by atoms with van der Waals surface area (Å²) >= 11 is 5.82. The van der Waals surface area contributed by atoms with Crippen molar-refractivity contribution in [2.45, 2.75) is 19.8 Å². The fraction of sp³-hybridized carbons (Fsp3) is 0.250. The van der Waals surface area contributed by atoms with Crippen molar-refractivity contribution in [2.75, 3.05) is 0 Å². The molecule has 0 aliphatic rings. The maximum Gasteiger partial charge on any atom is 0.358 e. The zero-order valence-electron chi connectivity index (χ0n) is 10.1. The summed E-state index contributed by atoms with van der Waals surface area (Å²) in [7, 11) is 0. The largest absolute Gasteiger partial charge is 0.476 e. The number of halogens is 2. The average molecular weight is 284 g/mol. The van der Waals surface area contributed by atoms with Gasteiger partial charge in [-0.1, -0.05) is 30.2 Å². The van der Waals surface area contributed by atoms with Gasteiger partial charge < -0.3 is 5.11 Å². The van der Waals surface area contributed by atoms with E-state index in [2.05, 4.69) is 10.3 Å². The van der Waals surface area contributed by atoms with E-state index < -0.39 is 11.8 Å². The van der Waals surface area contributed by atoms with Gasteiger partial charge in [-0.3, -0.25) is 0 Å². The molecular formula is C12H11ClFN3O2. The third-order valence-electron chi connectivity index (χ3n) is 2.59. The molecule has 1 heterocycles. The lowest BCUT2D eigenvalue weighted by Crippen LogP contribution is -2.08. The van der Waals surface area contributed by atoms with Crippen LogP contribution < -0.4 is 0 Å². The molecule has 2 aromatic rings. The Morgan fingerprint density at radius 1 is 1.53 bits per heavy atom. The summed E-state index contributed by atoms with van der Waals surface area (Å²) in [6.45, 7) is 1.89. The van der Waals surface area contributed by atoms with Crippen LogP contribution in [0.25, 0.3) is 5.69 Å². The number of carboxylic acid groups (broad SMARTS) is 1. The van der Waals surface area contributed by atoms with Crippen LogP contribution in [0.1, 0.15) is 29.5 Å². The van der Waals surface area contributed by atoms with Gasteiger partial charge in [0.05, 0.1) is 5.69 Å². The number of aromatic nitrogens is 3. The first-order valence-electron chi connectivity index (χ1n) is 5.68. The molecule has 0 fully saturated rings. The fourth-order valence-electron chi connectivity index (χ4n) is 1.77. The van der Waals surface area contributed by atoms with Crippen molar-refractivity contribution >= 4 is 17.6 Å². The van der Waals surface area contributed by atoms with Crippen molar-refractivity contribution < 1.29 is 14.3 Å². The van der Waals surface area contributed by atoms with Gasteiger partial charge in [0, 0.05) is 5.02 Å². The Kier molecular flexibility index (Phi) is 3.80. The Labute approximate surface area is 113 Å². The minimum atomic E-state index is -1.18. The molecule has 0 aliphatic carbocycles. The van der Waals surface area contributed by atoms with Crippen molar-refractivity contribution in [1.29, 1.82) is 0 Å². The predicted molar refractivity (Wildman–Crippen MR) is 67.3 cm³/mol. The zero-order valence-corrected chi connectivity index (χ0v) is 10.9. The lowest BCUT2D eigenvalue weighted by atomic mass is 10.2. The van der Waals surface area contributed by atoms with E-state index >= 15 is 0 Å². The second-order valence-corrected chi connectivity index (χ2v) is 4.38. The number of nitrogens with zero attached hydrogens (tertiary/aromatic N) is 3. The summed E-state index contributed by atoms with van der Waals surface area (Å²) < 4.78 is 15.0. The van der Waals surface area contributed by atoms with Gasteiger partial charge in [0.2, 0.25) is 0 Å². The van der Waals surface area contributed by atoms with Crippen molar-refractivity contribution in [3.63, 3.8) is 0 Å². The van der Waals surface area contributed by atoms with E-state index in [9.17, 15) is 9.18 Å². The fourth-order valence-corrected chi connectivity index (χ4v) is 1.94. The molecule has 19 heavy (non-hydrogen) atoms. The van der Waals surface area contributed by atoms with E-state index in [1.165, 1.54) is 22.9 Å². The highest BCUT2D eigenvalue weighted by molar-refractivity contribution is 6.30. The molecule has 0 aliphatic heterocycles. The van der Waals surface area contributed by atoms with Crippen LogP contribution in [0.4, 0.5) is 4.39 Å². The van der Waals surface area contributed by atoms with Crippen molar-refractivity contribution in [3.8, 4) is 5.69 Å². The monoisotopic (exact) mass is 283 g/mol. The first-order chi connectivity index (χ1) is 9.04. The van der Waals surface area contributed by atoms with Crippen LogP contribution in [-0.4, -0.2) is 26.1 Å². The van der Waals surface area contributed by atoms with Crippen LogP contribution in [0.3, 0.4) is 0 Å². The Morgan fingerprint density at radius 2 is 2.26 bits per heavy atom. The molecule has 100 valence electrons. The molecule has 5 nitrogen and oxygen atoms in total. The summed E-state index contributed by atoms with van der Waals surface area (Å²) in [6, 6.07) is 4.00. The summed E-state index contributed by atoms with van der Waals surface area (Å²) in [5, 5.41) is 16.7. The molecule has 0 unspecified atom stereocenters. The van der Waals surface area contributed by atoms with E-state index in [4.69, 9.17) is 16.7 Å². The minimum absolute atomic E-state index is 0.0935.